The zero-order valence-electron chi connectivity index (χ0n) is 16.9. The molecule has 0 aliphatic carbocycles. The predicted molar refractivity (Wildman–Crippen MR) is 109 cm³/mol. The van der Waals surface area contributed by atoms with E-state index in [0.29, 0.717) is 25.2 Å². The van der Waals surface area contributed by atoms with E-state index in [0.717, 1.165) is 5.82 Å². The van der Waals surface area contributed by atoms with Crippen LogP contribution in [0.3, 0.4) is 0 Å². The molecule has 1 aromatic heterocycles. The number of carbonyl (C=O) groups is 1. The van der Waals surface area contributed by atoms with E-state index >= 15 is 0 Å². The minimum absolute atomic E-state index is 0.195. The van der Waals surface area contributed by atoms with Gasteiger partial charge in [0.25, 0.3) is 5.91 Å². The van der Waals surface area contributed by atoms with Gasteiger partial charge >= 0.3 is 0 Å². The van der Waals surface area contributed by atoms with Gasteiger partial charge in [0.15, 0.2) is 0 Å². The van der Waals surface area contributed by atoms with Gasteiger partial charge in [-0.25, -0.2) is 9.37 Å². The van der Waals surface area contributed by atoms with Crippen molar-refractivity contribution in [3.05, 3.63) is 88.3 Å². The SMILES string of the molecule is CCN(Cc1nccn1Cc1c(C)cc(C)cc1C)C(=O)c1cccc(F)c1. The van der Waals surface area contributed by atoms with Gasteiger partial charge < -0.3 is 9.47 Å². The number of aryl methyl sites for hydroxylation is 3. The van der Waals surface area contributed by atoms with Crippen molar-refractivity contribution >= 4 is 5.91 Å². The van der Waals surface area contributed by atoms with Crippen LogP contribution in [0.5, 0.6) is 0 Å². The second-order valence-electron chi connectivity index (χ2n) is 7.18. The summed E-state index contributed by atoms with van der Waals surface area (Å²) in [7, 11) is 0. The van der Waals surface area contributed by atoms with E-state index < -0.39 is 5.82 Å². The topological polar surface area (TPSA) is 38.1 Å². The molecule has 0 aliphatic rings. The first-order chi connectivity index (χ1) is 13.4. The van der Waals surface area contributed by atoms with E-state index in [1.807, 2.05) is 13.1 Å². The summed E-state index contributed by atoms with van der Waals surface area (Å²) >= 11 is 0. The van der Waals surface area contributed by atoms with Crippen molar-refractivity contribution in [1.82, 2.24) is 14.5 Å². The smallest absolute Gasteiger partial charge is 0.254 e. The van der Waals surface area contributed by atoms with Crippen LogP contribution in [-0.2, 0) is 13.1 Å². The molecule has 0 radical (unpaired) electrons. The lowest BCUT2D eigenvalue weighted by atomic mass is 10.00. The van der Waals surface area contributed by atoms with Crippen molar-refractivity contribution in [3.8, 4) is 0 Å². The Bertz CT molecular complexity index is 970. The normalized spacial score (nSPS) is 10.9. The third-order valence-electron chi connectivity index (χ3n) is 5.04. The van der Waals surface area contributed by atoms with Gasteiger partial charge in [-0.2, -0.15) is 0 Å². The van der Waals surface area contributed by atoms with Gasteiger partial charge in [-0.3, -0.25) is 4.79 Å². The number of rotatable bonds is 6. The molecule has 3 rings (SSSR count). The Morgan fingerprint density at radius 1 is 1.14 bits per heavy atom. The van der Waals surface area contributed by atoms with Crippen LogP contribution >= 0.6 is 0 Å². The number of imidazole rings is 1. The summed E-state index contributed by atoms with van der Waals surface area (Å²) in [5.41, 5.74) is 5.37. The van der Waals surface area contributed by atoms with E-state index in [1.54, 1.807) is 23.2 Å². The van der Waals surface area contributed by atoms with Crippen molar-refractivity contribution in [2.45, 2.75) is 40.8 Å². The molecule has 0 bridgehead atoms. The van der Waals surface area contributed by atoms with Gasteiger partial charge in [0.1, 0.15) is 11.6 Å². The number of hydrogen-bond acceptors (Lipinski definition) is 2. The predicted octanol–water partition coefficient (Wildman–Crippen LogP) is 4.66. The Kier molecular flexibility index (Phi) is 5.93. The van der Waals surface area contributed by atoms with Crippen LogP contribution in [0.4, 0.5) is 4.39 Å². The van der Waals surface area contributed by atoms with Crippen LogP contribution in [0.1, 0.15) is 45.4 Å². The summed E-state index contributed by atoms with van der Waals surface area (Å²) in [4.78, 5) is 18.9. The maximum absolute atomic E-state index is 13.5. The van der Waals surface area contributed by atoms with Crippen LogP contribution in [-0.4, -0.2) is 26.9 Å². The summed E-state index contributed by atoms with van der Waals surface area (Å²) in [5, 5.41) is 0. The molecule has 146 valence electrons. The van der Waals surface area contributed by atoms with Crippen molar-refractivity contribution < 1.29 is 9.18 Å². The lowest BCUT2D eigenvalue weighted by molar-refractivity contribution is 0.0746. The number of halogens is 1. The molecule has 5 heteroatoms. The molecule has 2 aromatic carbocycles. The summed E-state index contributed by atoms with van der Waals surface area (Å²) in [6, 6.07) is 10.2. The summed E-state index contributed by atoms with van der Waals surface area (Å²) in [6.45, 7) is 9.87. The molecule has 1 heterocycles. The Morgan fingerprint density at radius 2 is 1.86 bits per heavy atom. The Morgan fingerprint density at radius 3 is 2.50 bits per heavy atom. The lowest BCUT2D eigenvalue weighted by Crippen LogP contribution is -2.31. The summed E-state index contributed by atoms with van der Waals surface area (Å²) in [6.07, 6.45) is 3.70. The van der Waals surface area contributed by atoms with Gasteiger partial charge in [-0.05, 0) is 62.6 Å². The molecule has 0 N–H and O–H groups in total. The zero-order chi connectivity index (χ0) is 20.3. The first kappa shape index (κ1) is 19.8. The lowest BCUT2D eigenvalue weighted by Gasteiger charge is -2.22. The van der Waals surface area contributed by atoms with Crippen LogP contribution in [0.2, 0.25) is 0 Å². The molecule has 0 atom stereocenters. The highest BCUT2D eigenvalue weighted by atomic mass is 19.1. The highest BCUT2D eigenvalue weighted by molar-refractivity contribution is 5.94. The molecule has 0 unspecified atom stereocenters. The van der Waals surface area contributed by atoms with Gasteiger partial charge in [-0.1, -0.05) is 23.8 Å². The average Bonchev–Trinajstić information content (AvgIpc) is 3.09. The molecular weight excluding hydrogens is 353 g/mol. The van der Waals surface area contributed by atoms with Gasteiger partial charge in [0.05, 0.1) is 6.54 Å². The largest absolute Gasteiger partial charge is 0.331 e. The number of amides is 1. The standard InChI is InChI=1S/C23H26FN3O/c1-5-26(23(28)19-7-6-8-20(24)13-19)15-22-25-9-10-27(22)14-21-17(3)11-16(2)12-18(21)4/h6-13H,5,14-15H2,1-4H3. The monoisotopic (exact) mass is 379 g/mol. The van der Waals surface area contributed by atoms with Crippen LogP contribution in [0.25, 0.3) is 0 Å². The highest BCUT2D eigenvalue weighted by Gasteiger charge is 2.18. The molecule has 0 aliphatic heterocycles. The molecule has 0 spiro atoms. The van der Waals surface area contributed by atoms with Gasteiger partial charge in [0.2, 0.25) is 0 Å². The molecule has 0 saturated heterocycles. The molecular formula is C23H26FN3O. The molecule has 0 saturated carbocycles. The number of nitrogens with zero attached hydrogens (tertiary/aromatic N) is 3. The third kappa shape index (κ3) is 4.30. The van der Waals surface area contributed by atoms with Crippen molar-refractivity contribution in [2.75, 3.05) is 6.54 Å². The minimum Gasteiger partial charge on any atom is -0.331 e. The first-order valence-electron chi connectivity index (χ1n) is 9.50. The number of carbonyl (C=O) groups excluding carboxylic acids is 1. The van der Waals surface area contributed by atoms with E-state index in [9.17, 15) is 9.18 Å². The van der Waals surface area contributed by atoms with Gasteiger partial charge in [0, 0.05) is 31.0 Å². The fraction of sp³-hybridized carbons (Fsp3) is 0.304. The van der Waals surface area contributed by atoms with E-state index in [-0.39, 0.29) is 5.91 Å². The zero-order valence-corrected chi connectivity index (χ0v) is 16.9. The Hall–Kier alpha value is -2.95. The molecule has 0 fully saturated rings. The molecule has 4 nitrogen and oxygen atoms in total. The minimum atomic E-state index is -0.409. The molecule has 28 heavy (non-hydrogen) atoms. The van der Waals surface area contributed by atoms with Crippen LogP contribution in [0, 0.1) is 26.6 Å². The number of aromatic nitrogens is 2. The second-order valence-corrected chi connectivity index (χ2v) is 7.18. The summed E-state index contributed by atoms with van der Waals surface area (Å²) in [5.74, 6) is 0.207. The second kappa shape index (κ2) is 8.38. The van der Waals surface area contributed by atoms with E-state index in [2.05, 4.69) is 42.5 Å². The Labute approximate surface area is 165 Å². The fourth-order valence-corrected chi connectivity index (χ4v) is 3.57. The van der Waals surface area contributed by atoms with Crippen molar-refractivity contribution in [2.24, 2.45) is 0 Å². The molecule has 1 amide bonds. The molecule has 3 aromatic rings. The third-order valence-corrected chi connectivity index (χ3v) is 5.04. The average molecular weight is 379 g/mol. The maximum atomic E-state index is 13.5. The Balaban J connectivity index is 1.82. The van der Waals surface area contributed by atoms with E-state index in [1.165, 1.54) is 34.4 Å². The highest BCUT2D eigenvalue weighted by Crippen LogP contribution is 2.19. The van der Waals surface area contributed by atoms with Gasteiger partial charge in [-0.15, -0.1) is 0 Å². The fourth-order valence-electron chi connectivity index (χ4n) is 3.57. The van der Waals surface area contributed by atoms with Crippen molar-refractivity contribution in [3.63, 3.8) is 0 Å². The number of hydrogen-bond donors (Lipinski definition) is 0. The van der Waals surface area contributed by atoms with E-state index in [4.69, 9.17) is 0 Å². The number of benzene rings is 2. The quantitative estimate of drug-likeness (QED) is 0.625. The van der Waals surface area contributed by atoms with Crippen LogP contribution < -0.4 is 0 Å². The van der Waals surface area contributed by atoms with Crippen molar-refractivity contribution in [1.29, 1.82) is 0 Å². The summed E-state index contributed by atoms with van der Waals surface area (Å²) < 4.78 is 15.6. The van der Waals surface area contributed by atoms with Crippen LogP contribution in [0.15, 0.2) is 48.8 Å². The first-order valence-corrected chi connectivity index (χ1v) is 9.50. The maximum Gasteiger partial charge on any atom is 0.254 e.